The van der Waals surface area contributed by atoms with Crippen LogP contribution >= 0.6 is 0 Å². The average Bonchev–Trinajstić information content (AvgIpc) is 3.54. The fourth-order valence-electron chi connectivity index (χ4n) is 8.66. The molecule has 1 unspecified atom stereocenters. The normalized spacial score (nSPS) is 14.4. The Balaban J connectivity index is 2.16. The second kappa shape index (κ2) is 41.5. The molecular weight excluding hydrogens is 629 g/mol. The van der Waals surface area contributed by atoms with E-state index in [1.54, 1.807) is 0 Å². The first-order valence-corrected chi connectivity index (χ1v) is 25.0. The maximum Gasteiger partial charge on any atom is 0.101 e. The smallest absolute Gasteiger partial charge is 0.101 e. The van der Waals surface area contributed by atoms with Crippen LogP contribution in [-0.2, 0) is 0 Å². The summed E-state index contributed by atoms with van der Waals surface area (Å²) < 4.78 is 0. The molecule has 0 spiro atoms. The lowest BCUT2D eigenvalue weighted by Gasteiger charge is -2.33. The van der Waals surface area contributed by atoms with E-state index in [4.69, 9.17) is 0 Å². The second-order valence-electron chi connectivity index (χ2n) is 17.5. The SMILES string of the molecule is CCCCCCCCCCCCCCCCCCCC1N(CCCCCCCCCCC)C=CN1CCCCCCCCCCCCCCCCC. The molecule has 1 heterocycles. The fraction of sp³-hybridized carbons (Fsp3) is 0.960. The minimum absolute atomic E-state index is 0.636. The first kappa shape index (κ1) is 49.4. The van der Waals surface area contributed by atoms with E-state index in [9.17, 15) is 0 Å². The van der Waals surface area contributed by atoms with Gasteiger partial charge < -0.3 is 9.80 Å². The largest absolute Gasteiger partial charge is 0.356 e. The van der Waals surface area contributed by atoms with Gasteiger partial charge in [-0.15, -0.1) is 0 Å². The van der Waals surface area contributed by atoms with Gasteiger partial charge in [0.2, 0.25) is 0 Å². The lowest BCUT2D eigenvalue weighted by molar-refractivity contribution is 0.135. The number of unbranched alkanes of at least 4 members (excludes halogenated alkanes) is 38. The highest BCUT2D eigenvalue weighted by Gasteiger charge is 2.24. The van der Waals surface area contributed by atoms with Crippen molar-refractivity contribution in [1.29, 1.82) is 0 Å². The van der Waals surface area contributed by atoms with Gasteiger partial charge in [0.1, 0.15) is 6.17 Å². The predicted octanol–water partition coefficient (Wildman–Crippen LogP) is 17.8. The van der Waals surface area contributed by atoms with E-state index in [0.717, 1.165) is 0 Å². The van der Waals surface area contributed by atoms with Crippen molar-refractivity contribution in [2.75, 3.05) is 13.1 Å². The van der Waals surface area contributed by atoms with Gasteiger partial charge in [0, 0.05) is 25.5 Å². The Bertz CT molecular complexity index is 688. The third-order valence-electron chi connectivity index (χ3n) is 12.3. The standard InChI is InChI=1S/C50H100N2/c1-4-7-10-13-16-19-21-23-25-26-27-29-31-33-36-39-42-45-50-51(46-43-40-37-34-18-15-12-9-6-3)48-49-52(50)47-44-41-38-35-32-30-28-24-22-20-17-14-11-8-5-2/h48-50H,4-47H2,1-3H3. The van der Waals surface area contributed by atoms with Crippen molar-refractivity contribution < 1.29 is 0 Å². The summed E-state index contributed by atoms with van der Waals surface area (Å²) in [5.74, 6) is 0. The Labute approximate surface area is 330 Å². The van der Waals surface area contributed by atoms with Crippen LogP contribution in [0.3, 0.4) is 0 Å². The molecule has 0 N–H and O–H groups in total. The summed E-state index contributed by atoms with van der Waals surface area (Å²) in [4.78, 5) is 5.47. The molecule has 0 radical (unpaired) electrons. The van der Waals surface area contributed by atoms with Gasteiger partial charge in [0.05, 0.1) is 0 Å². The van der Waals surface area contributed by atoms with Gasteiger partial charge in [-0.1, -0.05) is 265 Å². The monoisotopic (exact) mass is 729 g/mol. The summed E-state index contributed by atoms with van der Waals surface area (Å²) in [6.07, 6.45) is 66.4. The van der Waals surface area contributed by atoms with E-state index in [2.05, 4.69) is 43.0 Å². The van der Waals surface area contributed by atoms with Crippen molar-refractivity contribution in [2.45, 2.75) is 297 Å². The van der Waals surface area contributed by atoms with E-state index < -0.39 is 0 Å². The fourth-order valence-corrected chi connectivity index (χ4v) is 8.66. The summed E-state index contributed by atoms with van der Waals surface area (Å²) in [6.45, 7) is 9.49. The van der Waals surface area contributed by atoms with Crippen LogP contribution in [0.25, 0.3) is 0 Å². The molecule has 2 heteroatoms. The van der Waals surface area contributed by atoms with Crippen molar-refractivity contribution >= 4 is 0 Å². The molecule has 0 saturated heterocycles. The third kappa shape index (κ3) is 32.7. The number of hydrogen-bond donors (Lipinski definition) is 0. The highest BCUT2D eigenvalue weighted by molar-refractivity contribution is 4.97. The summed E-state index contributed by atoms with van der Waals surface area (Å²) in [6, 6.07) is 0. The van der Waals surface area contributed by atoms with Crippen molar-refractivity contribution in [2.24, 2.45) is 0 Å². The van der Waals surface area contributed by atoms with Gasteiger partial charge in [-0.2, -0.15) is 0 Å². The zero-order valence-electron chi connectivity index (χ0n) is 36.7. The molecule has 1 aliphatic rings. The van der Waals surface area contributed by atoms with Gasteiger partial charge in [0.25, 0.3) is 0 Å². The van der Waals surface area contributed by atoms with Crippen LogP contribution in [-0.4, -0.2) is 29.1 Å². The van der Waals surface area contributed by atoms with Crippen molar-refractivity contribution in [3.05, 3.63) is 12.4 Å². The molecule has 0 aromatic rings. The molecule has 0 bridgehead atoms. The van der Waals surface area contributed by atoms with Crippen molar-refractivity contribution in [1.82, 2.24) is 9.80 Å². The van der Waals surface area contributed by atoms with E-state index in [1.165, 1.54) is 283 Å². The molecule has 0 amide bonds. The Morgan fingerprint density at radius 1 is 0.250 bits per heavy atom. The Morgan fingerprint density at radius 3 is 0.673 bits per heavy atom. The molecular formula is C50H100N2. The molecule has 1 rings (SSSR count). The van der Waals surface area contributed by atoms with E-state index in [1.807, 2.05) is 0 Å². The average molecular weight is 729 g/mol. The molecule has 52 heavy (non-hydrogen) atoms. The highest BCUT2D eigenvalue weighted by atomic mass is 15.4. The lowest BCUT2D eigenvalue weighted by atomic mass is 10.0. The van der Waals surface area contributed by atoms with Crippen molar-refractivity contribution in [3.8, 4) is 0 Å². The molecule has 0 aliphatic carbocycles. The molecule has 310 valence electrons. The Kier molecular flexibility index (Phi) is 39.4. The molecule has 0 aromatic carbocycles. The molecule has 2 nitrogen and oxygen atoms in total. The van der Waals surface area contributed by atoms with E-state index >= 15 is 0 Å². The zero-order chi connectivity index (χ0) is 37.3. The zero-order valence-corrected chi connectivity index (χ0v) is 36.7. The molecule has 0 aromatic heterocycles. The van der Waals surface area contributed by atoms with Crippen LogP contribution in [0, 0.1) is 0 Å². The lowest BCUT2D eigenvalue weighted by Crippen LogP contribution is -2.39. The second-order valence-corrected chi connectivity index (χ2v) is 17.5. The van der Waals surface area contributed by atoms with Crippen molar-refractivity contribution in [3.63, 3.8) is 0 Å². The third-order valence-corrected chi connectivity index (χ3v) is 12.3. The van der Waals surface area contributed by atoms with Gasteiger partial charge in [-0.05, 0) is 25.7 Å². The van der Waals surface area contributed by atoms with Gasteiger partial charge >= 0.3 is 0 Å². The first-order chi connectivity index (χ1) is 25.8. The molecule has 1 aliphatic heterocycles. The molecule has 0 fully saturated rings. The molecule has 0 saturated carbocycles. The summed E-state index contributed by atoms with van der Waals surface area (Å²) in [5.41, 5.74) is 0. The topological polar surface area (TPSA) is 6.48 Å². The number of rotatable bonds is 44. The van der Waals surface area contributed by atoms with Gasteiger partial charge in [-0.25, -0.2) is 0 Å². The quantitative estimate of drug-likeness (QED) is 0.0576. The van der Waals surface area contributed by atoms with Gasteiger partial charge in [0.15, 0.2) is 0 Å². The van der Waals surface area contributed by atoms with E-state index in [0.29, 0.717) is 6.17 Å². The molecule has 1 atom stereocenters. The summed E-state index contributed by atoms with van der Waals surface area (Å²) in [7, 11) is 0. The van der Waals surface area contributed by atoms with Crippen LogP contribution in [0.1, 0.15) is 290 Å². The first-order valence-electron chi connectivity index (χ1n) is 25.0. The van der Waals surface area contributed by atoms with Crippen LogP contribution < -0.4 is 0 Å². The Morgan fingerprint density at radius 2 is 0.442 bits per heavy atom. The Hall–Kier alpha value is -0.660. The van der Waals surface area contributed by atoms with Crippen LogP contribution in [0.2, 0.25) is 0 Å². The summed E-state index contributed by atoms with van der Waals surface area (Å²) in [5, 5.41) is 0. The maximum absolute atomic E-state index is 2.74. The minimum atomic E-state index is 0.636. The van der Waals surface area contributed by atoms with Gasteiger partial charge in [-0.3, -0.25) is 0 Å². The predicted molar refractivity (Wildman–Crippen MR) is 237 cm³/mol. The summed E-state index contributed by atoms with van der Waals surface area (Å²) >= 11 is 0. The van der Waals surface area contributed by atoms with Crippen LogP contribution in [0.15, 0.2) is 12.4 Å². The number of hydrogen-bond acceptors (Lipinski definition) is 2. The maximum atomic E-state index is 2.74. The minimum Gasteiger partial charge on any atom is -0.356 e. The number of nitrogens with zero attached hydrogens (tertiary/aromatic N) is 2. The van der Waals surface area contributed by atoms with E-state index in [-0.39, 0.29) is 0 Å². The van der Waals surface area contributed by atoms with Crippen LogP contribution in [0.4, 0.5) is 0 Å². The highest BCUT2D eigenvalue weighted by Crippen LogP contribution is 2.24. The van der Waals surface area contributed by atoms with Crippen LogP contribution in [0.5, 0.6) is 0 Å².